The highest BCUT2D eigenvalue weighted by Gasteiger charge is 2.41. The Morgan fingerprint density at radius 1 is 1.00 bits per heavy atom. The monoisotopic (exact) mass is 464 g/mol. The van der Waals surface area contributed by atoms with E-state index in [0.29, 0.717) is 19.3 Å². The Morgan fingerprint density at radius 2 is 1.59 bits per heavy atom. The minimum atomic E-state index is -1.20. The Hall–Kier alpha value is -3.35. The molecule has 2 amide bonds. The molecule has 1 unspecified atom stereocenters. The lowest BCUT2D eigenvalue weighted by Crippen LogP contribution is -2.56. The largest absolute Gasteiger partial charge is 0.480 e. The highest BCUT2D eigenvalue weighted by Crippen LogP contribution is 2.44. The summed E-state index contributed by atoms with van der Waals surface area (Å²) in [6.45, 7) is 2.07. The van der Waals surface area contributed by atoms with Crippen LogP contribution in [0.4, 0.5) is 4.79 Å². The second kappa shape index (κ2) is 10.3. The normalized spacial score (nSPS) is 17.2. The third-order valence-corrected chi connectivity index (χ3v) is 7.09. The first kappa shape index (κ1) is 23.8. The van der Waals surface area contributed by atoms with Crippen molar-refractivity contribution in [3.8, 4) is 11.1 Å². The zero-order valence-corrected chi connectivity index (χ0v) is 19.5. The number of carboxylic acids is 1. The third-order valence-electron chi connectivity index (χ3n) is 7.09. The van der Waals surface area contributed by atoms with E-state index in [2.05, 4.69) is 34.9 Å². The third kappa shape index (κ3) is 4.93. The zero-order chi connectivity index (χ0) is 24.1. The summed E-state index contributed by atoms with van der Waals surface area (Å²) >= 11 is 0. The quantitative estimate of drug-likeness (QED) is 0.530. The molecule has 0 bridgehead atoms. The van der Waals surface area contributed by atoms with Crippen LogP contribution in [0.1, 0.15) is 68.9 Å². The summed E-state index contributed by atoms with van der Waals surface area (Å²) in [6, 6.07) is 15.8. The SMILES string of the molecule is CCC(CC(=O)NC1(C(=O)O)CCCCC1)NC(=O)OCC1c2ccccc2-c2ccccc21. The van der Waals surface area contributed by atoms with Crippen molar-refractivity contribution < 1.29 is 24.2 Å². The summed E-state index contributed by atoms with van der Waals surface area (Å²) < 4.78 is 5.59. The number of ether oxygens (including phenoxy) is 1. The van der Waals surface area contributed by atoms with Gasteiger partial charge in [0.25, 0.3) is 0 Å². The highest BCUT2D eigenvalue weighted by molar-refractivity contribution is 5.87. The van der Waals surface area contributed by atoms with Gasteiger partial charge in [-0.15, -0.1) is 0 Å². The lowest BCUT2D eigenvalue weighted by Gasteiger charge is -2.34. The van der Waals surface area contributed by atoms with Crippen LogP contribution >= 0.6 is 0 Å². The highest BCUT2D eigenvalue weighted by atomic mass is 16.5. The maximum atomic E-state index is 12.6. The second-order valence-electron chi connectivity index (χ2n) is 9.28. The maximum Gasteiger partial charge on any atom is 0.407 e. The average Bonchev–Trinajstić information content (AvgIpc) is 3.16. The molecule has 2 aliphatic rings. The molecule has 2 aliphatic carbocycles. The fourth-order valence-corrected chi connectivity index (χ4v) is 5.19. The minimum Gasteiger partial charge on any atom is -0.480 e. The molecule has 0 radical (unpaired) electrons. The summed E-state index contributed by atoms with van der Waals surface area (Å²) in [7, 11) is 0. The lowest BCUT2D eigenvalue weighted by molar-refractivity contribution is -0.149. The van der Waals surface area contributed by atoms with Crippen LogP contribution in [-0.4, -0.2) is 41.3 Å². The molecule has 2 aromatic carbocycles. The van der Waals surface area contributed by atoms with E-state index in [1.807, 2.05) is 31.2 Å². The average molecular weight is 465 g/mol. The van der Waals surface area contributed by atoms with Crippen LogP contribution in [0.25, 0.3) is 11.1 Å². The lowest BCUT2D eigenvalue weighted by atomic mass is 9.81. The number of alkyl carbamates (subject to hydrolysis) is 1. The van der Waals surface area contributed by atoms with Crippen molar-refractivity contribution in [3.05, 3.63) is 59.7 Å². The van der Waals surface area contributed by atoms with E-state index in [-0.39, 0.29) is 24.9 Å². The van der Waals surface area contributed by atoms with Crippen LogP contribution in [-0.2, 0) is 14.3 Å². The molecule has 1 saturated carbocycles. The minimum absolute atomic E-state index is 0.00965. The number of carbonyl (C=O) groups excluding carboxylic acids is 2. The molecule has 1 atom stereocenters. The number of carboxylic acid groups (broad SMARTS) is 1. The molecule has 2 aromatic rings. The number of aliphatic carboxylic acids is 1. The summed E-state index contributed by atoms with van der Waals surface area (Å²) in [5.74, 6) is -1.39. The Balaban J connectivity index is 1.33. The fourth-order valence-electron chi connectivity index (χ4n) is 5.19. The Bertz CT molecular complexity index is 1010. The Morgan fingerprint density at radius 3 is 2.15 bits per heavy atom. The molecule has 1 fully saturated rings. The molecule has 4 rings (SSSR count). The first-order chi connectivity index (χ1) is 16.4. The molecular weight excluding hydrogens is 432 g/mol. The molecular formula is C27H32N2O5. The van der Waals surface area contributed by atoms with E-state index in [9.17, 15) is 19.5 Å². The van der Waals surface area contributed by atoms with E-state index in [0.717, 1.165) is 41.5 Å². The smallest absolute Gasteiger partial charge is 0.407 e. The van der Waals surface area contributed by atoms with Crippen molar-refractivity contribution in [3.63, 3.8) is 0 Å². The predicted octanol–water partition coefficient (Wildman–Crippen LogP) is 4.60. The number of nitrogens with one attached hydrogen (secondary N) is 2. The van der Waals surface area contributed by atoms with Crippen molar-refractivity contribution in [1.29, 1.82) is 0 Å². The number of amides is 2. The van der Waals surface area contributed by atoms with Crippen molar-refractivity contribution in [2.75, 3.05) is 6.61 Å². The van der Waals surface area contributed by atoms with Crippen molar-refractivity contribution in [2.45, 2.75) is 69.4 Å². The molecule has 0 spiro atoms. The van der Waals surface area contributed by atoms with E-state index >= 15 is 0 Å². The van der Waals surface area contributed by atoms with Crippen molar-refractivity contribution in [2.24, 2.45) is 0 Å². The maximum absolute atomic E-state index is 12.6. The second-order valence-corrected chi connectivity index (χ2v) is 9.28. The Labute approximate surface area is 199 Å². The van der Waals surface area contributed by atoms with Gasteiger partial charge in [-0.05, 0) is 41.5 Å². The Kier molecular flexibility index (Phi) is 7.20. The van der Waals surface area contributed by atoms with Gasteiger partial charge < -0.3 is 20.5 Å². The summed E-state index contributed by atoms with van der Waals surface area (Å²) in [5, 5.41) is 15.2. The van der Waals surface area contributed by atoms with E-state index < -0.39 is 23.6 Å². The van der Waals surface area contributed by atoms with E-state index in [1.165, 1.54) is 0 Å². The number of hydrogen-bond donors (Lipinski definition) is 3. The predicted molar refractivity (Wildman–Crippen MR) is 128 cm³/mol. The van der Waals surface area contributed by atoms with Crippen LogP contribution in [0.2, 0.25) is 0 Å². The molecule has 34 heavy (non-hydrogen) atoms. The van der Waals surface area contributed by atoms with Crippen LogP contribution in [0.3, 0.4) is 0 Å². The topological polar surface area (TPSA) is 105 Å². The number of hydrogen-bond acceptors (Lipinski definition) is 4. The molecule has 0 saturated heterocycles. The molecule has 180 valence electrons. The van der Waals surface area contributed by atoms with Crippen LogP contribution in [0.15, 0.2) is 48.5 Å². The van der Waals surface area contributed by atoms with Gasteiger partial charge >= 0.3 is 12.1 Å². The van der Waals surface area contributed by atoms with Gasteiger partial charge in [0.05, 0.1) is 0 Å². The van der Waals surface area contributed by atoms with Gasteiger partial charge in [0, 0.05) is 18.4 Å². The number of rotatable bonds is 8. The molecule has 0 aromatic heterocycles. The van der Waals surface area contributed by atoms with E-state index in [1.54, 1.807) is 0 Å². The number of fused-ring (bicyclic) bond motifs is 3. The van der Waals surface area contributed by atoms with Crippen LogP contribution in [0, 0.1) is 0 Å². The van der Waals surface area contributed by atoms with Gasteiger partial charge in [-0.25, -0.2) is 9.59 Å². The number of benzene rings is 2. The molecule has 0 aliphatic heterocycles. The molecule has 7 nitrogen and oxygen atoms in total. The van der Waals surface area contributed by atoms with E-state index in [4.69, 9.17) is 4.74 Å². The summed E-state index contributed by atoms with van der Waals surface area (Å²) in [4.78, 5) is 37.1. The summed E-state index contributed by atoms with van der Waals surface area (Å²) in [6.07, 6.45) is 3.37. The fraction of sp³-hybridized carbons (Fsp3) is 0.444. The zero-order valence-electron chi connectivity index (χ0n) is 19.5. The van der Waals surface area contributed by atoms with Gasteiger partial charge in [-0.3, -0.25) is 4.79 Å². The number of carbonyl (C=O) groups is 3. The van der Waals surface area contributed by atoms with Gasteiger partial charge in [0.1, 0.15) is 12.1 Å². The van der Waals surface area contributed by atoms with Gasteiger partial charge in [-0.2, -0.15) is 0 Å². The first-order valence-corrected chi connectivity index (χ1v) is 12.1. The van der Waals surface area contributed by atoms with Crippen molar-refractivity contribution in [1.82, 2.24) is 10.6 Å². The standard InChI is InChI=1S/C27H32N2O5/c1-2-18(16-24(30)29-27(25(31)32)14-8-3-9-15-27)28-26(33)34-17-23-21-12-6-4-10-19(21)20-11-5-7-13-22(20)23/h4-7,10-13,18,23H,2-3,8-9,14-17H2,1H3,(H,28,33)(H,29,30)(H,31,32). The van der Waals surface area contributed by atoms with Gasteiger partial charge in [-0.1, -0.05) is 74.7 Å². The van der Waals surface area contributed by atoms with Crippen molar-refractivity contribution >= 4 is 18.0 Å². The molecule has 7 heteroatoms. The molecule has 0 heterocycles. The summed E-state index contributed by atoms with van der Waals surface area (Å²) in [5.41, 5.74) is 3.39. The van der Waals surface area contributed by atoms with Crippen LogP contribution < -0.4 is 10.6 Å². The molecule has 3 N–H and O–H groups in total. The first-order valence-electron chi connectivity index (χ1n) is 12.1. The van der Waals surface area contributed by atoms with Gasteiger partial charge in [0.2, 0.25) is 5.91 Å². The van der Waals surface area contributed by atoms with Gasteiger partial charge in [0.15, 0.2) is 0 Å². The van der Waals surface area contributed by atoms with Crippen LogP contribution in [0.5, 0.6) is 0 Å².